The number of aliphatic imine (C=N–C) groups is 1. The third-order valence-electron chi connectivity index (χ3n) is 1.58. The lowest BCUT2D eigenvalue weighted by molar-refractivity contribution is 0.965. The van der Waals surface area contributed by atoms with E-state index in [0.29, 0.717) is 0 Å². The van der Waals surface area contributed by atoms with Crippen LogP contribution in [0.25, 0.3) is 0 Å². The summed E-state index contributed by atoms with van der Waals surface area (Å²) in [6, 6.07) is 0. The van der Waals surface area contributed by atoms with Crippen molar-refractivity contribution in [3.05, 3.63) is 36.0 Å². The predicted octanol–water partition coefficient (Wildman–Crippen LogP) is 3.16. The van der Waals surface area contributed by atoms with Gasteiger partial charge in [0.2, 0.25) is 0 Å². The highest BCUT2D eigenvalue weighted by Gasteiger charge is 1.94. The van der Waals surface area contributed by atoms with E-state index >= 15 is 0 Å². The third-order valence-corrected chi connectivity index (χ3v) is 1.58. The number of allylic oxidation sites excluding steroid dienone is 4. The van der Waals surface area contributed by atoms with E-state index in [1.165, 1.54) is 5.57 Å². The molecule has 0 radical (unpaired) electrons. The maximum atomic E-state index is 3.90. The normalized spacial score (nSPS) is 12.0. The van der Waals surface area contributed by atoms with Crippen LogP contribution in [0.15, 0.2) is 40.9 Å². The van der Waals surface area contributed by atoms with E-state index in [0.717, 1.165) is 18.5 Å². The fourth-order valence-electron chi connectivity index (χ4n) is 0.851. The molecule has 0 heterocycles. The van der Waals surface area contributed by atoms with Crippen LogP contribution >= 0.6 is 0 Å². The van der Waals surface area contributed by atoms with Crippen molar-refractivity contribution < 1.29 is 0 Å². The molecule has 0 saturated heterocycles. The van der Waals surface area contributed by atoms with Crippen LogP contribution in [0.1, 0.15) is 20.3 Å². The van der Waals surface area contributed by atoms with Gasteiger partial charge in [-0.2, -0.15) is 0 Å². The Morgan fingerprint density at radius 2 is 2.17 bits per heavy atom. The first-order valence-corrected chi connectivity index (χ1v) is 4.12. The summed E-state index contributed by atoms with van der Waals surface area (Å²) in [5.74, 6) is 0. The molecule has 0 amide bonds. The van der Waals surface area contributed by atoms with Gasteiger partial charge in [0.25, 0.3) is 0 Å². The van der Waals surface area contributed by atoms with Crippen LogP contribution in [0.3, 0.4) is 0 Å². The van der Waals surface area contributed by atoms with Crippen LogP contribution in [0.2, 0.25) is 0 Å². The molecule has 0 atom stereocenters. The SMILES string of the molecule is C=NCC/C(=C/C=C\C)C(=C)C. The first-order chi connectivity index (χ1) is 5.72. The molecule has 1 heteroatoms. The Bertz CT molecular complexity index is 209. The summed E-state index contributed by atoms with van der Waals surface area (Å²) in [5, 5.41) is 0. The maximum Gasteiger partial charge on any atom is 0.0422 e. The Hall–Kier alpha value is -1.11. The largest absolute Gasteiger partial charge is 0.301 e. The Morgan fingerprint density at radius 3 is 2.58 bits per heavy atom. The van der Waals surface area contributed by atoms with Crippen LogP contribution in [0.4, 0.5) is 0 Å². The lowest BCUT2D eigenvalue weighted by Gasteiger charge is -2.02. The van der Waals surface area contributed by atoms with Crippen molar-refractivity contribution in [1.29, 1.82) is 0 Å². The Labute approximate surface area is 75.2 Å². The molecule has 0 aliphatic heterocycles. The minimum Gasteiger partial charge on any atom is -0.301 e. The maximum absolute atomic E-state index is 3.90. The molecule has 66 valence electrons. The van der Waals surface area contributed by atoms with Crippen LogP contribution in [0, 0.1) is 0 Å². The zero-order chi connectivity index (χ0) is 9.40. The first kappa shape index (κ1) is 10.9. The van der Waals surface area contributed by atoms with Crippen molar-refractivity contribution in [2.45, 2.75) is 20.3 Å². The minimum atomic E-state index is 0.774. The molecule has 0 fully saturated rings. The van der Waals surface area contributed by atoms with Gasteiger partial charge in [-0.25, -0.2) is 0 Å². The second kappa shape index (κ2) is 6.59. The Kier molecular flexibility index (Phi) is 5.98. The standard InChI is InChI=1S/C11H17N/c1-5-6-7-11(10(2)3)8-9-12-4/h5-7H,2,4,8-9H2,1,3H3/b6-5-,11-7-. The highest BCUT2D eigenvalue weighted by Crippen LogP contribution is 2.11. The van der Waals surface area contributed by atoms with Crippen LogP contribution in [-0.2, 0) is 0 Å². The summed E-state index contributed by atoms with van der Waals surface area (Å²) in [6.07, 6.45) is 7.04. The van der Waals surface area contributed by atoms with Gasteiger partial charge in [-0.15, -0.1) is 0 Å². The molecule has 12 heavy (non-hydrogen) atoms. The average Bonchev–Trinajstić information content (AvgIpc) is 2.04. The highest BCUT2D eigenvalue weighted by molar-refractivity contribution is 5.30. The van der Waals surface area contributed by atoms with Gasteiger partial charge in [0.15, 0.2) is 0 Å². The molecule has 0 N–H and O–H groups in total. The quantitative estimate of drug-likeness (QED) is 0.436. The van der Waals surface area contributed by atoms with E-state index in [4.69, 9.17) is 0 Å². The van der Waals surface area contributed by atoms with Gasteiger partial charge in [-0.3, -0.25) is 0 Å². The van der Waals surface area contributed by atoms with Crippen molar-refractivity contribution >= 4 is 6.72 Å². The summed E-state index contributed by atoms with van der Waals surface area (Å²) in [6.45, 7) is 12.1. The van der Waals surface area contributed by atoms with Crippen LogP contribution < -0.4 is 0 Å². The van der Waals surface area contributed by atoms with E-state index in [1.54, 1.807) is 0 Å². The van der Waals surface area contributed by atoms with Gasteiger partial charge < -0.3 is 4.99 Å². The monoisotopic (exact) mass is 163 g/mol. The highest BCUT2D eigenvalue weighted by atomic mass is 14.7. The number of hydrogen-bond acceptors (Lipinski definition) is 1. The van der Waals surface area contributed by atoms with Crippen molar-refractivity contribution in [2.24, 2.45) is 4.99 Å². The third kappa shape index (κ3) is 4.67. The molecule has 0 saturated carbocycles. The van der Waals surface area contributed by atoms with E-state index in [2.05, 4.69) is 24.4 Å². The molecule has 0 bridgehead atoms. The number of hydrogen-bond donors (Lipinski definition) is 0. The van der Waals surface area contributed by atoms with Gasteiger partial charge in [0.1, 0.15) is 0 Å². The van der Waals surface area contributed by atoms with Gasteiger partial charge >= 0.3 is 0 Å². The average molecular weight is 163 g/mol. The van der Waals surface area contributed by atoms with Gasteiger partial charge in [0, 0.05) is 6.54 Å². The fourth-order valence-corrected chi connectivity index (χ4v) is 0.851. The molecule has 0 spiro atoms. The molecule has 0 aliphatic carbocycles. The van der Waals surface area contributed by atoms with E-state index < -0.39 is 0 Å². The first-order valence-electron chi connectivity index (χ1n) is 4.12. The van der Waals surface area contributed by atoms with Crippen LogP contribution in [-0.4, -0.2) is 13.3 Å². The number of rotatable bonds is 5. The van der Waals surface area contributed by atoms with Crippen molar-refractivity contribution in [3.63, 3.8) is 0 Å². The lowest BCUT2D eigenvalue weighted by atomic mass is 10.1. The van der Waals surface area contributed by atoms with E-state index in [-0.39, 0.29) is 0 Å². The zero-order valence-corrected chi connectivity index (χ0v) is 8.01. The second-order valence-corrected chi connectivity index (χ2v) is 2.70. The van der Waals surface area contributed by atoms with Crippen molar-refractivity contribution in [2.75, 3.05) is 6.54 Å². The molecule has 0 rings (SSSR count). The molecule has 0 aliphatic rings. The van der Waals surface area contributed by atoms with E-state index in [1.807, 2.05) is 26.0 Å². The fraction of sp³-hybridized carbons (Fsp3) is 0.364. The van der Waals surface area contributed by atoms with Gasteiger partial charge in [-0.1, -0.05) is 30.4 Å². The zero-order valence-electron chi connectivity index (χ0n) is 8.01. The topological polar surface area (TPSA) is 12.4 Å². The molecule has 0 aromatic heterocycles. The summed E-state index contributed by atoms with van der Waals surface area (Å²) in [4.78, 5) is 3.81. The minimum absolute atomic E-state index is 0.774. The summed E-state index contributed by atoms with van der Waals surface area (Å²) in [7, 11) is 0. The van der Waals surface area contributed by atoms with Crippen molar-refractivity contribution in [3.8, 4) is 0 Å². The Morgan fingerprint density at radius 1 is 1.50 bits per heavy atom. The molecule has 0 aromatic rings. The molecule has 0 unspecified atom stereocenters. The second-order valence-electron chi connectivity index (χ2n) is 2.70. The van der Waals surface area contributed by atoms with Crippen LogP contribution in [0.5, 0.6) is 0 Å². The Balaban J connectivity index is 4.22. The summed E-state index contributed by atoms with van der Waals surface area (Å²) in [5.41, 5.74) is 2.36. The molecular formula is C11H17N. The van der Waals surface area contributed by atoms with E-state index in [9.17, 15) is 0 Å². The summed E-state index contributed by atoms with van der Waals surface area (Å²) < 4.78 is 0. The van der Waals surface area contributed by atoms with Gasteiger partial charge in [-0.05, 0) is 32.6 Å². The molecule has 1 nitrogen and oxygen atoms in total. The molecule has 0 aromatic carbocycles. The number of nitrogens with zero attached hydrogens (tertiary/aromatic N) is 1. The molecular weight excluding hydrogens is 146 g/mol. The lowest BCUT2D eigenvalue weighted by Crippen LogP contribution is -1.87. The van der Waals surface area contributed by atoms with Crippen molar-refractivity contribution in [1.82, 2.24) is 0 Å². The van der Waals surface area contributed by atoms with Gasteiger partial charge in [0.05, 0.1) is 0 Å². The smallest absolute Gasteiger partial charge is 0.0422 e. The predicted molar refractivity (Wildman–Crippen MR) is 56.7 cm³/mol. The summed E-state index contributed by atoms with van der Waals surface area (Å²) >= 11 is 0.